The van der Waals surface area contributed by atoms with E-state index in [2.05, 4.69) is 76.3 Å². The van der Waals surface area contributed by atoms with Crippen molar-refractivity contribution in [1.82, 2.24) is 5.32 Å². The molecule has 2 nitrogen and oxygen atoms in total. The van der Waals surface area contributed by atoms with Crippen LogP contribution >= 0.6 is 0 Å². The van der Waals surface area contributed by atoms with Gasteiger partial charge < -0.3 is 10.2 Å². The molecule has 0 atom stereocenters. The molecule has 0 aromatic heterocycles. The fourth-order valence-electron chi connectivity index (χ4n) is 3.35. The molecule has 2 aromatic rings. The van der Waals surface area contributed by atoms with Crippen molar-refractivity contribution in [3.05, 3.63) is 63.2 Å². The SMILES string of the molecule is CNCc1cc(C)c(Cc2c(C)cc(N(C)C)cc2C)c(C)c1. The summed E-state index contributed by atoms with van der Waals surface area (Å²) in [5.41, 5.74) is 11.1. The molecule has 0 heterocycles. The van der Waals surface area contributed by atoms with Crippen LogP contribution in [0.3, 0.4) is 0 Å². The van der Waals surface area contributed by atoms with E-state index in [0.29, 0.717) is 0 Å². The van der Waals surface area contributed by atoms with Crippen molar-refractivity contribution in [2.45, 2.75) is 40.7 Å². The van der Waals surface area contributed by atoms with E-state index in [1.165, 1.54) is 44.6 Å². The molecule has 0 aliphatic rings. The van der Waals surface area contributed by atoms with E-state index in [1.54, 1.807) is 0 Å². The van der Waals surface area contributed by atoms with Gasteiger partial charge in [-0.25, -0.2) is 0 Å². The van der Waals surface area contributed by atoms with Crippen LogP contribution < -0.4 is 10.2 Å². The predicted molar refractivity (Wildman–Crippen MR) is 102 cm³/mol. The molecule has 0 radical (unpaired) electrons. The smallest absolute Gasteiger partial charge is 0.0366 e. The van der Waals surface area contributed by atoms with Crippen molar-refractivity contribution in [3.8, 4) is 0 Å². The van der Waals surface area contributed by atoms with Gasteiger partial charge >= 0.3 is 0 Å². The first kappa shape index (κ1) is 17.6. The van der Waals surface area contributed by atoms with E-state index in [1.807, 2.05) is 7.05 Å². The number of nitrogens with one attached hydrogen (secondary N) is 1. The molecular formula is C21H30N2. The predicted octanol–water partition coefficient (Wildman–Crippen LogP) is 4.30. The first-order valence-corrected chi connectivity index (χ1v) is 8.34. The Hall–Kier alpha value is -1.80. The Balaban J connectivity index is 2.40. The fraction of sp³-hybridized carbons (Fsp3) is 0.429. The first-order chi connectivity index (χ1) is 10.8. The molecule has 0 saturated carbocycles. The third-order valence-electron chi connectivity index (χ3n) is 4.69. The lowest BCUT2D eigenvalue weighted by atomic mass is 9.90. The maximum Gasteiger partial charge on any atom is 0.0366 e. The number of hydrogen-bond donors (Lipinski definition) is 1. The molecule has 124 valence electrons. The van der Waals surface area contributed by atoms with Crippen LogP contribution in [0.15, 0.2) is 24.3 Å². The van der Waals surface area contributed by atoms with Gasteiger partial charge in [-0.1, -0.05) is 12.1 Å². The second-order valence-corrected chi connectivity index (χ2v) is 6.87. The van der Waals surface area contributed by atoms with E-state index < -0.39 is 0 Å². The summed E-state index contributed by atoms with van der Waals surface area (Å²) in [4.78, 5) is 2.17. The Kier molecular flexibility index (Phi) is 5.48. The van der Waals surface area contributed by atoms with Gasteiger partial charge in [-0.05, 0) is 92.2 Å². The van der Waals surface area contributed by atoms with Crippen LogP contribution in [0.2, 0.25) is 0 Å². The Morgan fingerprint density at radius 2 is 1.22 bits per heavy atom. The van der Waals surface area contributed by atoms with Crippen molar-refractivity contribution in [2.75, 3.05) is 26.0 Å². The zero-order valence-electron chi connectivity index (χ0n) is 15.7. The van der Waals surface area contributed by atoms with Gasteiger partial charge in [0.05, 0.1) is 0 Å². The molecule has 23 heavy (non-hydrogen) atoms. The number of nitrogens with zero attached hydrogens (tertiary/aromatic N) is 1. The highest BCUT2D eigenvalue weighted by Gasteiger charge is 2.11. The largest absolute Gasteiger partial charge is 0.378 e. The van der Waals surface area contributed by atoms with Gasteiger partial charge in [0.1, 0.15) is 0 Å². The second kappa shape index (κ2) is 7.18. The summed E-state index contributed by atoms with van der Waals surface area (Å²) in [5.74, 6) is 0. The van der Waals surface area contributed by atoms with Crippen molar-refractivity contribution in [3.63, 3.8) is 0 Å². The molecule has 0 unspecified atom stereocenters. The standard InChI is InChI=1S/C21H30N2/c1-14-8-18(13-22-5)9-15(2)20(14)12-21-16(3)10-19(23(6)7)11-17(21)4/h8-11,22H,12-13H2,1-7H3. The number of aryl methyl sites for hydroxylation is 4. The van der Waals surface area contributed by atoms with Crippen molar-refractivity contribution >= 4 is 5.69 Å². The van der Waals surface area contributed by atoms with Crippen molar-refractivity contribution in [2.24, 2.45) is 0 Å². The van der Waals surface area contributed by atoms with Crippen LogP contribution in [0.1, 0.15) is 38.9 Å². The minimum absolute atomic E-state index is 0.928. The lowest BCUT2D eigenvalue weighted by Crippen LogP contribution is -2.10. The van der Waals surface area contributed by atoms with Crippen LogP contribution in [-0.2, 0) is 13.0 Å². The zero-order valence-corrected chi connectivity index (χ0v) is 15.7. The Bertz CT molecular complexity index is 653. The monoisotopic (exact) mass is 310 g/mol. The van der Waals surface area contributed by atoms with E-state index >= 15 is 0 Å². The van der Waals surface area contributed by atoms with E-state index in [4.69, 9.17) is 0 Å². The average Bonchev–Trinajstić information content (AvgIpc) is 2.45. The number of hydrogen-bond acceptors (Lipinski definition) is 2. The van der Waals surface area contributed by atoms with Crippen LogP contribution in [-0.4, -0.2) is 21.1 Å². The summed E-state index contributed by atoms with van der Waals surface area (Å²) >= 11 is 0. The molecule has 0 aliphatic carbocycles. The molecule has 1 N–H and O–H groups in total. The van der Waals surface area contributed by atoms with E-state index in [-0.39, 0.29) is 0 Å². The van der Waals surface area contributed by atoms with Crippen LogP contribution in [0.25, 0.3) is 0 Å². The highest BCUT2D eigenvalue weighted by Crippen LogP contribution is 2.27. The molecule has 0 amide bonds. The summed E-state index contributed by atoms with van der Waals surface area (Å²) in [5, 5.41) is 3.24. The maximum atomic E-state index is 3.24. The van der Waals surface area contributed by atoms with Gasteiger partial charge in [-0.15, -0.1) is 0 Å². The third kappa shape index (κ3) is 3.94. The van der Waals surface area contributed by atoms with E-state index in [0.717, 1.165) is 13.0 Å². The molecule has 0 bridgehead atoms. The summed E-state index contributed by atoms with van der Waals surface area (Å²) in [6, 6.07) is 9.22. The van der Waals surface area contributed by atoms with Crippen molar-refractivity contribution < 1.29 is 0 Å². The normalized spacial score (nSPS) is 10.9. The molecule has 0 fully saturated rings. The first-order valence-electron chi connectivity index (χ1n) is 8.34. The minimum atomic E-state index is 0.928. The molecule has 2 aromatic carbocycles. The molecule has 0 saturated heterocycles. The quantitative estimate of drug-likeness (QED) is 0.886. The fourth-order valence-corrected chi connectivity index (χ4v) is 3.35. The topological polar surface area (TPSA) is 15.3 Å². The Morgan fingerprint density at radius 3 is 1.61 bits per heavy atom. The number of anilines is 1. The summed E-state index contributed by atoms with van der Waals surface area (Å²) in [6.07, 6.45) is 1.02. The Morgan fingerprint density at radius 1 is 0.783 bits per heavy atom. The van der Waals surface area contributed by atoms with Gasteiger partial charge in [-0.3, -0.25) is 0 Å². The Labute approximate surface area is 141 Å². The van der Waals surface area contributed by atoms with Gasteiger partial charge in [0.2, 0.25) is 0 Å². The molecule has 0 spiro atoms. The molecule has 2 rings (SSSR count). The average molecular weight is 310 g/mol. The maximum absolute atomic E-state index is 3.24. The molecule has 2 heteroatoms. The van der Waals surface area contributed by atoms with Crippen LogP contribution in [0, 0.1) is 27.7 Å². The number of benzene rings is 2. The summed E-state index contributed by atoms with van der Waals surface area (Å²) < 4.78 is 0. The van der Waals surface area contributed by atoms with Gasteiger partial charge in [0.25, 0.3) is 0 Å². The highest BCUT2D eigenvalue weighted by molar-refractivity contribution is 5.55. The van der Waals surface area contributed by atoms with Crippen LogP contribution in [0.4, 0.5) is 5.69 Å². The lowest BCUT2D eigenvalue weighted by Gasteiger charge is -2.19. The van der Waals surface area contributed by atoms with Gasteiger partial charge in [-0.2, -0.15) is 0 Å². The molecule has 0 aliphatic heterocycles. The summed E-state index contributed by atoms with van der Waals surface area (Å²) in [6.45, 7) is 9.86. The lowest BCUT2D eigenvalue weighted by molar-refractivity contribution is 0.814. The summed E-state index contributed by atoms with van der Waals surface area (Å²) in [7, 11) is 6.20. The minimum Gasteiger partial charge on any atom is -0.378 e. The van der Waals surface area contributed by atoms with Crippen LogP contribution in [0.5, 0.6) is 0 Å². The second-order valence-electron chi connectivity index (χ2n) is 6.87. The van der Waals surface area contributed by atoms with Gasteiger partial charge in [0, 0.05) is 26.3 Å². The highest BCUT2D eigenvalue weighted by atomic mass is 15.1. The zero-order chi connectivity index (χ0) is 17.1. The third-order valence-corrected chi connectivity index (χ3v) is 4.69. The number of rotatable bonds is 5. The van der Waals surface area contributed by atoms with E-state index in [9.17, 15) is 0 Å². The van der Waals surface area contributed by atoms with Crippen molar-refractivity contribution in [1.29, 1.82) is 0 Å². The van der Waals surface area contributed by atoms with Gasteiger partial charge in [0.15, 0.2) is 0 Å². The molecular weight excluding hydrogens is 280 g/mol.